The molecule has 0 saturated carbocycles. The summed E-state index contributed by atoms with van der Waals surface area (Å²) in [6.45, 7) is 8.75. The highest BCUT2D eigenvalue weighted by molar-refractivity contribution is 7.92. The molecule has 8 nitrogen and oxygen atoms in total. The Hall–Kier alpha value is -3.27. The third kappa shape index (κ3) is 8.43. The van der Waals surface area contributed by atoms with Gasteiger partial charge in [0.1, 0.15) is 18.3 Å². The highest BCUT2D eigenvalue weighted by Gasteiger charge is 2.35. The van der Waals surface area contributed by atoms with Gasteiger partial charge in [-0.2, -0.15) is 0 Å². The monoisotopic (exact) mass is 647 g/mol. The molecule has 0 spiro atoms. The van der Waals surface area contributed by atoms with Crippen LogP contribution in [0.15, 0.2) is 65.6 Å². The molecule has 0 bridgehead atoms. The Kier molecular flexibility index (Phi) is 11.9. The Bertz CT molecular complexity index is 1550. The van der Waals surface area contributed by atoms with Crippen LogP contribution in [0.2, 0.25) is 10.0 Å². The molecule has 0 fully saturated rings. The number of nitrogens with one attached hydrogen (secondary N) is 1. The fraction of sp³-hybridized carbons (Fsp3) is 0.375. The van der Waals surface area contributed by atoms with E-state index in [0.29, 0.717) is 28.5 Å². The van der Waals surface area contributed by atoms with E-state index in [1.54, 1.807) is 55.5 Å². The van der Waals surface area contributed by atoms with Crippen molar-refractivity contribution in [2.45, 2.75) is 71.0 Å². The summed E-state index contributed by atoms with van der Waals surface area (Å²) in [5.41, 5.74) is 2.52. The van der Waals surface area contributed by atoms with Crippen LogP contribution in [0.25, 0.3) is 0 Å². The summed E-state index contributed by atoms with van der Waals surface area (Å²) in [6, 6.07) is 15.5. The molecule has 11 heteroatoms. The van der Waals surface area contributed by atoms with Gasteiger partial charge < -0.3 is 15.0 Å². The number of carbonyl (C=O) groups is 2. The molecule has 0 heterocycles. The summed E-state index contributed by atoms with van der Waals surface area (Å²) in [4.78, 5) is 29.2. The number of halogens is 2. The van der Waals surface area contributed by atoms with Crippen molar-refractivity contribution in [1.82, 2.24) is 10.2 Å². The van der Waals surface area contributed by atoms with E-state index in [1.165, 1.54) is 24.1 Å². The van der Waals surface area contributed by atoms with Crippen LogP contribution in [0, 0.1) is 13.8 Å². The van der Waals surface area contributed by atoms with Crippen molar-refractivity contribution in [3.05, 3.63) is 87.4 Å². The van der Waals surface area contributed by atoms with Crippen molar-refractivity contribution in [3.8, 4) is 5.75 Å². The summed E-state index contributed by atoms with van der Waals surface area (Å²) >= 11 is 12.4. The maximum absolute atomic E-state index is 14.3. The van der Waals surface area contributed by atoms with Gasteiger partial charge in [-0.25, -0.2) is 8.42 Å². The van der Waals surface area contributed by atoms with Crippen molar-refractivity contribution in [1.29, 1.82) is 0 Å². The Morgan fingerprint density at radius 1 is 0.907 bits per heavy atom. The average Bonchev–Trinajstić information content (AvgIpc) is 2.97. The minimum absolute atomic E-state index is 0.00548. The predicted octanol–water partition coefficient (Wildman–Crippen LogP) is 6.54. The van der Waals surface area contributed by atoms with E-state index in [9.17, 15) is 18.0 Å². The van der Waals surface area contributed by atoms with Gasteiger partial charge >= 0.3 is 0 Å². The first-order chi connectivity index (χ1) is 20.3. The van der Waals surface area contributed by atoms with Gasteiger partial charge in [-0.1, -0.05) is 66.9 Å². The van der Waals surface area contributed by atoms with Gasteiger partial charge in [0, 0.05) is 12.6 Å². The van der Waals surface area contributed by atoms with Crippen LogP contribution in [0.4, 0.5) is 5.69 Å². The van der Waals surface area contributed by atoms with E-state index >= 15 is 0 Å². The van der Waals surface area contributed by atoms with E-state index in [4.69, 9.17) is 27.9 Å². The topological polar surface area (TPSA) is 96.0 Å². The second kappa shape index (κ2) is 14.9. The van der Waals surface area contributed by atoms with E-state index in [2.05, 4.69) is 5.32 Å². The molecule has 1 N–H and O–H groups in total. The number of rotatable bonds is 13. The van der Waals surface area contributed by atoms with E-state index in [0.717, 1.165) is 15.4 Å². The molecule has 0 saturated heterocycles. The molecule has 0 aromatic heterocycles. The van der Waals surface area contributed by atoms with Crippen molar-refractivity contribution < 1.29 is 22.7 Å². The molecule has 3 aromatic carbocycles. The Balaban J connectivity index is 2.14. The number of benzene rings is 3. The molecule has 0 aliphatic carbocycles. The summed E-state index contributed by atoms with van der Waals surface area (Å²) < 4.78 is 34.9. The number of hydrogen-bond acceptors (Lipinski definition) is 5. The fourth-order valence-electron chi connectivity index (χ4n) is 4.54. The van der Waals surface area contributed by atoms with Crippen LogP contribution in [0.5, 0.6) is 5.75 Å². The zero-order valence-electron chi connectivity index (χ0n) is 25.4. The predicted molar refractivity (Wildman–Crippen MR) is 172 cm³/mol. The van der Waals surface area contributed by atoms with Gasteiger partial charge in [0.2, 0.25) is 11.8 Å². The summed E-state index contributed by atoms with van der Waals surface area (Å²) in [6.07, 6.45) is 1.01. The van der Waals surface area contributed by atoms with Crippen LogP contribution >= 0.6 is 23.2 Å². The molecule has 3 aromatic rings. The summed E-state index contributed by atoms with van der Waals surface area (Å²) in [7, 11) is -2.80. The molecule has 43 heavy (non-hydrogen) atoms. The molecule has 3 rings (SSSR count). The zero-order chi connectivity index (χ0) is 31.9. The van der Waals surface area contributed by atoms with Gasteiger partial charge in [-0.3, -0.25) is 13.9 Å². The lowest BCUT2D eigenvalue weighted by Gasteiger charge is -2.34. The first kappa shape index (κ1) is 34.2. The average molecular weight is 649 g/mol. The number of methoxy groups -OCH3 is 1. The smallest absolute Gasteiger partial charge is 0.264 e. The molecular weight excluding hydrogens is 609 g/mol. The lowest BCUT2D eigenvalue weighted by atomic mass is 10.1. The molecule has 2 atom stereocenters. The van der Waals surface area contributed by atoms with Gasteiger partial charge in [0.15, 0.2) is 0 Å². The number of nitrogens with zero attached hydrogens (tertiary/aromatic N) is 2. The first-order valence-electron chi connectivity index (χ1n) is 14.1. The number of ether oxygens (including phenoxy) is 1. The maximum Gasteiger partial charge on any atom is 0.264 e. The lowest BCUT2D eigenvalue weighted by molar-refractivity contribution is -0.140. The minimum Gasteiger partial charge on any atom is -0.495 e. The highest BCUT2D eigenvalue weighted by atomic mass is 35.5. The van der Waals surface area contributed by atoms with Crippen LogP contribution in [-0.4, -0.2) is 50.9 Å². The highest BCUT2D eigenvalue weighted by Crippen LogP contribution is 2.34. The largest absolute Gasteiger partial charge is 0.495 e. The Morgan fingerprint density at radius 3 is 2.14 bits per heavy atom. The SMILES string of the molecule is CC[C@@H](C)NC(=O)[C@@H](CC)N(Cc1ccc(Cl)c(Cl)c1)C(=O)CN(c1cc(C)ccc1OC)S(=O)(=O)c1ccc(C)cc1. The molecule has 0 aliphatic rings. The molecule has 2 amide bonds. The van der Waals surface area contributed by atoms with Crippen LogP contribution < -0.4 is 14.4 Å². The van der Waals surface area contributed by atoms with Gasteiger partial charge in [0.25, 0.3) is 10.0 Å². The summed E-state index contributed by atoms with van der Waals surface area (Å²) in [5, 5.41) is 3.62. The van der Waals surface area contributed by atoms with Crippen molar-refractivity contribution in [2.24, 2.45) is 0 Å². The lowest BCUT2D eigenvalue weighted by Crippen LogP contribution is -2.53. The zero-order valence-corrected chi connectivity index (χ0v) is 27.7. The third-order valence-electron chi connectivity index (χ3n) is 7.21. The quantitative estimate of drug-likeness (QED) is 0.227. The van der Waals surface area contributed by atoms with Crippen LogP contribution in [0.3, 0.4) is 0 Å². The number of sulfonamides is 1. The van der Waals surface area contributed by atoms with Crippen molar-refractivity contribution in [2.75, 3.05) is 18.0 Å². The van der Waals surface area contributed by atoms with E-state index in [-0.39, 0.29) is 34.8 Å². The molecule has 0 unspecified atom stereocenters. The summed E-state index contributed by atoms with van der Waals surface area (Å²) in [5.74, 6) is -0.616. The van der Waals surface area contributed by atoms with Crippen molar-refractivity contribution in [3.63, 3.8) is 0 Å². The fourth-order valence-corrected chi connectivity index (χ4v) is 6.28. The molecule has 0 radical (unpaired) electrons. The molecule has 232 valence electrons. The Labute approximate surface area is 265 Å². The third-order valence-corrected chi connectivity index (χ3v) is 9.73. The number of hydrogen-bond donors (Lipinski definition) is 1. The molecular formula is C32H39Cl2N3O5S. The first-order valence-corrected chi connectivity index (χ1v) is 16.3. The number of amides is 2. The van der Waals surface area contributed by atoms with Gasteiger partial charge in [0.05, 0.1) is 27.7 Å². The van der Waals surface area contributed by atoms with E-state index < -0.39 is 28.5 Å². The second-order valence-corrected chi connectivity index (χ2v) is 13.2. The number of aryl methyl sites for hydroxylation is 2. The number of carbonyl (C=O) groups excluding carboxylic acids is 2. The van der Waals surface area contributed by atoms with Gasteiger partial charge in [-0.05, 0) is 81.1 Å². The van der Waals surface area contributed by atoms with Crippen molar-refractivity contribution >= 4 is 50.7 Å². The Morgan fingerprint density at radius 2 is 1.56 bits per heavy atom. The van der Waals surface area contributed by atoms with Crippen LogP contribution in [0.1, 0.15) is 50.3 Å². The second-order valence-electron chi connectivity index (χ2n) is 10.5. The van der Waals surface area contributed by atoms with Gasteiger partial charge in [-0.15, -0.1) is 0 Å². The normalized spacial score (nSPS) is 12.7. The minimum atomic E-state index is -4.24. The molecule has 0 aliphatic heterocycles. The maximum atomic E-state index is 14.3. The van der Waals surface area contributed by atoms with Crippen LogP contribution in [-0.2, 0) is 26.2 Å². The standard InChI is InChI=1S/C32H39Cl2N3O5S/c1-7-23(5)35-32(39)28(8-2)36(19-24-12-15-26(33)27(34)18-24)31(38)20-37(29-17-22(4)11-16-30(29)42-6)43(40,41)25-13-9-21(3)10-14-25/h9-18,23,28H,7-8,19-20H2,1-6H3,(H,35,39)/t23-,28-/m1/s1. The van der Waals surface area contributed by atoms with E-state index in [1.807, 2.05) is 27.7 Å². The number of anilines is 1.